The first kappa shape index (κ1) is 29.3. The lowest BCUT2D eigenvalue weighted by molar-refractivity contribution is -0.119. The number of Topliss-reactive ketones (excluding diaryl/α,β-unsaturated/α-hetero) is 1. The molecule has 4 rings (SSSR count). The molecule has 0 aliphatic rings. The van der Waals surface area contributed by atoms with E-state index in [0.717, 1.165) is 11.1 Å². The number of rotatable bonds is 10. The number of para-hydroxylation sites is 2. The van der Waals surface area contributed by atoms with Gasteiger partial charge in [-0.05, 0) is 40.7 Å². The number of hydrogen-bond donors (Lipinski definition) is 3. The molecule has 1 aromatic heterocycles. The SMILES string of the molecule is CC(C)c1cccc(C(C)C)c1NC(=O)/C(CC(=O)C[C@@H](c1ccccc1)c1c(O)c2ccccc2oc1=O)=N\O. The summed E-state index contributed by atoms with van der Waals surface area (Å²) in [7, 11) is 0. The van der Waals surface area contributed by atoms with Crippen molar-refractivity contribution in [3.05, 3.63) is 105 Å². The highest BCUT2D eigenvalue weighted by Gasteiger charge is 2.29. The highest BCUT2D eigenvalue weighted by atomic mass is 16.4. The number of fused-ring (bicyclic) bond motifs is 1. The van der Waals surface area contributed by atoms with Crippen molar-refractivity contribution in [1.82, 2.24) is 0 Å². The summed E-state index contributed by atoms with van der Waals surface area (Å²) in [6.07, 6.45) is -0.723. The zero-order chi connectivity index (χ0) is 29.7. The van der Waals surface area contributed by atoms with Crippen LogP contribution in [0.1, 0.15) is 80.5 Å². The predicted octanol–water partition coefficient (Wildman–Crippen LogP) is 6.70. The Hall–Kier alpha value is -4.72. The van der Waals surface area contributed by atoms with Gasteiger partial charge in [0.2, 0.25) is 0 Å². The fourth-order valence-corrected chi connectivity index (χ4v) is 5.06. The third-order valence-corrected chi connectivity index (χ3v) is 7.16. The number of benzene rings is 3. The lowest BCUT2D eigenvalue weighted by Crippen LogP contribution is -2.27. The average Bonchev–Trinajstić information content (AvgIpc) is 2.95. The van der Waals surface area contributed by atoms with E-state index in [1.165, 1.54) is 0 Å². The van der Waals surface area contributed by atoms with Gasteiger partial charge in [-0.2, -0.15) is 0 Å². The molecule has 0 bridgehead atoms. The summed E-state index contributed by atoms with van der Waals surface area (Å²) >= 11 is 0. The molecule has 0 aliphatic carbocycles. The molecule has 8 heteroatoms. The number of aromatic hydroxyl groups is 1. The standard InChI is InChI=1S/C33H34N2O6/c1-19(2)23-14-10-15-24(20(3)4)30(23)34-32(38)27(35-40)18-22(36)17-26(21-11-6-5-7-12-21)29-31(37)25-13-8-9-16-28(25)41-33(29)39/h5-16,19-20,26,37,40H,17-18H2,1-4H3,(H,34,38)/b35-27-/t26-/m0/s1. The Kier molecular flexibility index (Phi) is 9.02. The number of oxime groups is 1. The summed E-state index contributed by atoms with van der Waals surface area (Å²) in [5.74, 6) is -2.04. The molecule has 1 atom stereocenters. The molecule has 0 fully saturated rings. The fraction of sp³-hybridized carbons (Fsp3) is 0.273. The van der Waals surface area contributed by atoms with Crippen LogP contribution >= 0.6 is 0 Å². The molecular formula is C33H34N2O6. The Morgan fingerprint density at radius 2 is 1.49 bits per heavy atom. The molecule has 4 aromatic rings. The lowest BCUT2D eigenvalue weighted by Gasteiger charge is -2.20. The van der Waals surface area contributed by atoms with Crippen LogP contribution in [0.15, 0.2) is 87.2 Å². The van der Waals surface area contributed by atoms with Crippen LogP contribution < -0.4 is 10.9 Å². The van der Waals surface area contributed by atoms with E-state index in [1.54, 1.807) is 54.6 Å². The molecule has 0 spiro atoms. The zero-order valence-electron chi connectivity index (χ0n) is 23.5. The number of carbonyl (C=O) groups excluding carboxylic acids is 2. The Labute approximate surface area is 238 Å². The third kappa shape index (κ3) is 6.38. The first-order chi connectivity index (χ1) is 19.6. The first-order valence-electron chi connectivity index (χ1n) is 13.6. The Morgan fingerprint density at radius 1 is 0.878 bits per heavy atom. The van der Waals surface area contributed by atoms with Crippen molar-refractivity contribution >= 4 is 34.1 Å². The second-order valence-electron chi connectivity index (χ2n) is 10.7. The topological polar surface area (TPSA) is 129 Å². The van der Waals surface area contributed by atoms with Crippen LogP contribution in [0, 0.1) is 0 Å². The summed E-state index contributed by atoms with van der Waals surface area (Å²) in [5, 5.41) is 27.2. The maximum absolute atomic E-state index is 13.4. The number of amides is 1. The van der Waals surface area contributed by atoms with Gasteiger partial charge in [-0.25, -0.2) is 4.79 Å². The van der Waals surface area contributed by atoms with Gasteiger partial charge in [-0.15, -0.1) is 0 Å². The monoisotopic (exact) mass is 554 g/mol. The van der Waals surface area contributed by atoms with Crippen molar-refractivity contribution in [3.8, 4) is 5.75 Å². The van der Waals surface area contributed by atoms with Gasteiger partial charge in [-0.1, -0.05) is 93.5 Å². The molecule has 0 saturated carbocycles. The predicted molar refractivity (Wildman–Crippen MR) is 159 cm³/mol. The first-order valence-corrected chi connectivity index (χ1v) is 13.6. The maximum Gasteiger partial charge on any atom is 0.343 e. The second-order valence-corrected chi connectivity index (χ2v) is 10.7. The van der Waals surface area contributed by atoms with Gasteiger partial charge in [0.1, 0.15) is 17.1 Å². The Bertz CT molecular complexity index is 1630. The van der Waals surface area contributed by atoms with Crippen LogP contribution in [0.2, 0.25) is 0 Å². The summed E-state index contributed by atoms with van der Waals surface area (Å²) in [6, 6.07) is 21.2. The molecule has 0 aliphatic heterocycles. The van der Waals surface area contributed by atoms with Gasteiger partial charge in [0, 0.05) is 18.0 Å². The van der Waals surface area contributed by atoms with Gasteiger partial charge in [-0.3, -0.25) is 9.59 Å². The molecule has 0 saturated heterocycles. The van der Waals surface area contributed by atoms with Crippen LogP contribution in [0.3, 0.4) is 0 Å². The largest absolute Gasteiger partial charge is 0.507 e. The van der Waals surface area contributed by atoms with E-state index in [9.17, 15) is 24.7 Å². The van der Waals surface area contributed by atoms with E-state index in [4.69, 9.17) is 4.42 Å². The number of carbonyl (C=O) groups is 2. The van der Waals surface area contributed by atoms with Crippen LogP contribution in [0.5, 0.6) is 5.75 Å². The molecular weight excluding hydrogens is 520 g/mol. The van der Waals surface area contributed by atoms with E-state index in [-0.39, 0.29) is 40.9 Å². The van der Waals surface area contributed by atoms with Crippen LogP contribution in [0.25, 0.3) is 11.0 Å². The Balaban J connectivity index is 1.63. The van der Waals surface area contributed by atoms with Gasteiger partial charge in [0.05, 0.1) is 17.4 Å². The van der Waals surface area contributed by atoms with E-state index in [2.05, 4.69) is 10.5 Å². The van der Waals surface area contributed by atoms with Crippen molar-refractivity contribution in [2.24, 2.45) is 5.16 Å². The molecule has 3 N–H and O–H groups in total. The average molecular weight is 555 g/mol. The highest BCUT2D eigenvalue weighted by molar-refractivity contribution is 6.45. The second kappa shape index (κ2) is 12.6. The smallest absolute Gasteiger partial charge is 0.343 e. The lowest BCUT2D eigenvalue weighted by atomic mass is 9.86. The van der Waals surface area contributed by atoms with Gasteiger partial charge in [0.25, 0.3) is 5.91 Å². The minimum Gasteiger partial charge on any atom is -0.507 e. The van der Waals surface area contributed by atoms with Crippen molar-refractivity contribution in [1.29, 1.82) is 0 Å². The summed E-state index contributed by atoms with van der Waals surface area (Å²) in [4.78, 5) is 39.7. The molecule has 212 valence electrons. The van der Waals surface area contributed by atoms with E-state index >= 15 is 0 Å². The molecule has 1 amide bonds. The van der Waals surface area contributed by atoms with E-state index in [1.807, 2.05) is 45.9 Å². The van der Waals surface area contributed by atoms with E-state index in [0.29, 0.717) is 16.6 Å². The molecule has 3 aromatic carbocycles. The summed E-state index contributed by atoms with van der Waals surface area (Å²) in [6.45, 7) is 8.06. The normalized spacial score (nSPS) is 12.6. The van der Waals surface area contributed by atoms with Crippen molar-refractivity contribution in [2.45, 2.75) is 58.3 Å². The van der Waals surface area contributed by atoms with Crippen molar-refractivity contribution in [2.75, 3.05) is 5.32 Å². The van der Waals surface area contributed by atoms with Gasteiger partial charge in [0.15, 0.2) is 5.71 Å². The number of nitrogens with zero attached hydrogens (tertiary/aromatic N) is 1. The summed E-state index contributed by atoms with van der Waals surface area (Å²) in [5.41, 5.74) is 2.16. The third-order valence-electron chi connectivity index (χ3n) is 7.16. The molecule has 0 unspecified atom stereocenters. The van der Waals surface area contributed by atoms with Gasteiger partial charge >= 0.3 is 5.63 Å². The van der Waals surface area contributed by atoms with Crippen LogP contribution in [0.4, 0.5) is 5.69 Å². The van der Waals surface area contributed by atoms with Gasteiger partial charge < -0.3 is 20.0 Å². The van der Waals surface area contributed by atoms with Crippen LogP contribution in [-0.2, 0) is 9.59 Å². The number of nitrogens with one attached hydrogen (secondary N) is 1. The maximum atomic E-state index is 13.4. The number of hydrogen-bond acceptors (Lipinski definition) is 7. The molecule has 1 heterocycles. The van der Waals surface area contributed by atoms with Crippen molar-refractivity contribution < 1.29 is 24.3 Å². The molecule has 0 radical (unpaired) electrons. The zero-order valence-corrected chi connectivity index (χ0v) is 23.5. The number of ketones is 1. The molecule has 8 nitrogen and oxygen atoms in total. The van der Waals surface area contributed by atoms with Crippen molar-refractivity contribution in [3.63, 3.8) is 0 Å². The molecule has 41 heavy (non-hydrogen) atoms. The minimum absolute atomic E-state index is 0.0531. The van der Waals surface area contributed by atoms with E-state index < -0.39 is 29.7 Å². The quantitative estimate of drug-likeness (QED) is 0.0866. The summed E-state index contributed by atoms with van der Waals surface area (Å²) < 4.78 is 5.47. The van der Waals surface area contributed by atoms with Crippen LogP contribution in [-0.4, -0.2) is 27.7 Å². The minimum atomic E-state index is -0.859. The highest BCUT2D eigenvalue weighted by Crippen LogP contribution is 2.37. The Morgan fingerprint density at radius 3 is 2.10 bits per heavy atom. The number of anilines is 1. The fourth-order valence-electron chi connectivity index (χ4n) is 5.06.